The summed E-state index contributed by atoms with van der Waals surface area (Å²) in [5.41, 5.74) is 1.89. The Labute approximate surface area is 115 Å². The van der Waals surface area contributed by atoms with Crippen molar-refractivity contribution in [3.05, 3.63) is 29.8 Å². The minimum atomic E-state index is -0.510. The van der Waals surface area contributed by atoms with Crippen molar-refractivity contribution in [2.24, 2.45) is 5.92 Å². The minimum absolute atomic E-state index is 0.00543. The van der Waals surface area contributed by atoms with Gasteiger partial charge in [-0.2, -0.15) is 0 Å². The monoisotopic (exact) mass is 309 g/mol. The second-order valence-corrected chi connectivity index (χ2v) is 5.81. The Bertz CT molecular complexity index is 455. The van der Waals surface area contributed by atoms with Crippen LogP contribution in [0.4, 0.5) is 5.69 Å². The Hall–Kier alpha value is -1.16. The fourth-order valence-corrected chi connectivity index (χ4v) is 2.77. The quantitative estimate of drug-likeness (QED) is 0.674. The van der Waals surface area contributed by atoms with Crippen molar-refractivity contribution in [3.8, 4) is 0 Å². The molecule has 1 N–H and O–H groups in total. The number of ketones is 1. The maximum atomic E-state index is 12.1. The van der Waals surface area contributed by atoms with E-state index in [1.807, 2.05) is 31.2 Å². The lowest BCUT2D eigenvalue weighted by atomic mass is 9.87. The highest BCUT2D eigenvalue weighted by molar-refractivity contribution is 9.10. The number of amides is 1. The van der Waals surface area contributed by atoms with E-state index in [1.54, 1.807) is 0 Å². The highest BCUT2D eigenvalue weighted by Crippen LogP contribution is 2.27. The van der Waals surface area contributed by atoms with Crippen molar-refractivity contribution >= 4 is 33.3 Å². The summed E-state index contributed by atoms with van der Waals surface area (Å²) in [4.78, 5) is 23.8. The predicted octanol–water partition coefficient (Wildman–Crippen LogP) is 3.07. The Morgan fingerprint density at radius 1 is 1.28 bits per heavy atom. The smallest absolute Gasteiger partial charge is 0.234 e. The van der Waals surface area contributed by atoms with Crippen LogP contribution in [0.25, 0.3) is 0 Å². The fourth-order valence-electron chi connectivity index (χ4n) is 2.13. The molecule has 0 heterocycles. The number of aryl methyl sites for hydroxylation is 1. The van der Waals surface area contributed by atoms with Crippen molar-refractivity contribution in [2.75, 3.05) is 5.32 Å². The number of anilines is 1. The van der Waals surface area contributed by atoms with Gasteiger partial charge in [0, 0.05) is 5.69 Å². The molecular formula is C14H16BrNO2. The molecule has 2 rings (SSSR count). The molecule has 0 saturated heterocycles. The number of halogens is 1. The maximum absolute atomic E-state index is 12.1. The summed E-state index contributed by atoms with van der Waals surface area (Å²) >= 11 is 3.33. The summed E-state index contributed by atoms with van der Waals surface area (Å²) < 4.78 is 0. The third-order valence-electron chi connectivity index (χ3n) is 3.24. The predicted molar refractivity (Wildman–Crippen MR) is 74.9 cm³/mol. The highest BCUT2D eigenvalue weighted by Gasteiger charge is 2.34. The summed E-state index contributed by atoms with van der Waals surface area (Å²) in [6.07, 6.45) is 2.39. The van der Waals surface area contributed by atoms with E-state index in [2.05, 4.69) is 21.2 Å². The van der Waals surface area contributed by atoms with E-state index in [4.69, 9.17) is 0 Å². The Kier molecular flexibility index (Phi) is 4.17. The summed E-state index contributed by atoms with van der Waals surface area (Å²) in [7, 11) is 0. The van der Waals surface area contributed by atoms with Crippen LogP contribution in [-0.4, -0.2) is 16.5 Å². The maximum Gasteiger partial charge on any atom is 0.234 e. The van der Waals surface area contributed by atoms with Gasteiger partial charge in [-0.15, -0.1) is 0 Å². The third kappa shape index (κ3) is 2.99. The van der Waals surface area contributed by atoms with Crippen LogP contribution >= 0.6 is 15.9 Å². The summed E-state index contributed by atoms with van der Waals surface area (Å²) in [6, 6.07) is 7.58. The minimum Gasteiger partial charge on any atom is -0.325 e. The van der Waals surface area contributed by atoms with Gasteiger partial charge in [0.25, 0.3) is 0 Å². The largest absolute Gasteiger partial charge is 0.325 e. The molecule has 3 nitrogen and oxygen atoms in total. The average molecular weight is 310 g/mol. The Morgan fingerprint density at radius 2 is 1.94 bits per heavy atom. The molecule has 0 spiro atoms. The molecule has 1 saturated carbocycles. The van der Waals surface area contributed by atoms with Gasteiger partial charge in [0.1, 0.15) is 0 Å². The molecule has 1 aromatic carbocycles. The molecule has 2 atom stereocenters. The molecular weight excluding hydrogens is 294 g/mol. The van der Waals surface area contributed by atoms with Gasteiger partial charge < -0.3 is 5.32 Å². The van der Waals surface area contributed by atoms with Crippen LogP contribution in [0.5, 0.6) is 0 Å². The van der Waals surface area contributed by atoms with E-state index in [9.17, 15) is 9.59 Å². The molecule has 1 fully saturated rings. The highest BCUT2D eigenvalue weighted by atomic mass is 79.9. The number of carbonyl (C=O) groups is 2. The molecule has 2 unspecified atom stereocenters. The SMILES string of the molecule is Cc1ccc(NC(=O)C2CCCC(Br)C2=O)cc1. The van der Waals surface area contributed by atoms with E-state index in [0.717, 1.165) is 24.1 Å². The standard InChI is InChI=1S/C14H16BrNO2/c1-9-5-7-10(8-6-9)16-14(18)11-3-2-4-12(15)13(11)17/h5-8,11-12H,2-4H2,1H3,(H,16,18). The van der Waals surface area contributed by atoms with Crippen LogP contribution in [0.1, 0.15) is 24.8 Å². The second kappa shape index (κ2) is 5.65. The van der Waals surface area contributed by atoms with Crippen LogP contribution in [0.2, 0.25) is 0 Å². The molecule has 96 valence electrons. The molecule has 1 aliphatic carbocycles. The first-order valence-corrected chi connectivity index (χ1v) is 7.05. The number of nitrogens with one attached hydrogen (secondary N) is 1. The molecule has 1 aliphatic rings. The van der Waals surface area contributed by atoms with Gasteiger partial charge in [0.05, 0.1) is 10.7 Å². The lowest BCUT2D eigenvalue weighted by molar-refractivity contribution is -0.132. The Morgan fingerprint density at radius 3 is 2.61 bits per heavy atom. The van der Waals surface area contributed by atoms with Crippen LogP contribution in [0, 0.1) is 12.8 Å². The van der Waals surface area contributed by atoms with Gasteiger partial charge in [-0.3, -0.25) is 9.59 Å². The van der Waals surface area contributed by atoms with Gasteiger partial charge in [-0.25, -0.2) is 0 Å². The van der Waals surface area contributed by atoms with Gasteiger partial charge in [-0.1, -0.05) is 40.0 Å². The van der Waals surface area contributed by atoms with Crippen molar-refractivity contribution in [1.29, 1.82) is 0 Å². The van der Waals surface area contributed by atoms with Gasteiger partial charge >= 0.3 is 0 Å². The first-order chi connectivity index (χ1) is 8.58. The Balaban J connectivity index is 2.03. The molecule has 0 aliphatic heterocycles. The lowest BCUT2D eigenvalue weighted by Gasteiger charge is -2.23. The molecule has 1 aromatic rings. The molecule has 0 bridgehead atoms. The second-order valence-electron chi connectivity index (χ2n) is 4.71. The number of Topliss-reactive ketones (excluding diaryl/α,β-unsaturated/α-hetero) is 1. The zero-order valence-corrected chi connectivity index (χ0v) is 11.9. The van der Waals surface area contributed by atoms with Gasteiger partial charge in [0.2, 0.25) is 5.91 Å². The third-order valence-corrected chi connectivity index (χ3v) is 4.15. The molecule has 18 heavy (non-hydrogen) atoms. The molecule has 0 radical (unpaired) electrons. The van der Waals surface area contributed by atoms with E-state index < -0.39 is 5.92 Å². The topological polar surface area (TPSA) is 46.2 Å². The lowest BCUT2D eigenvalue weighted by Crippen LogP contribution is -2.37. The summed E-state index contributed by atoms with van der Waals surface area (Å²) in [5.74, 6) is -0.691. The van der Waals surface area contributed by atoms with Crippen molar-refractivity contribution < 1.29 is 9.59 Å². The number of alkyl halides is 1. The van der Waals surface area contributed by atoms with Gasteiger partial charge in [0.15, 0.2) is 5.78 Å². The van der Waals surface area contributed by atoms with Gasteiger partial charge in [-0.05, 0) is 31.9 Å². The van der Waals surface area contributed by atoms with Crippen molar-refractivity contribution in [1.82, 2.24) is 0 Å². The summed E-state index contributed by atoms with van der Waals surface area (Å²) in [5, 5.41) is 2.81. The zero-order chi connectivity index (χ0) is 13.1. The molecule has 0 aromatic heterocycles. The van der Waals surface area contributed by atoms with Crippen LogP contribution in [0.15, 0.2) is 24.3 Å². The first kappa shape index (κ1) is 13.3. The fraction of sp³-hybridized carbons (Fsp3) is 0.429. The van der Waals surface area contributed by atoms with Crippen molar-refractivity contribution in [2.45, 2.75) is 31.0 Å². The van der Waals surface area contributed by atoms with Crippen LogP contribution in [0.3, 0.4) is 0 Å². The first-order valence-electron chi connectivity index (χ1n) is 6.13. The normalized spacial score (nSPS) is 23.8. The van der Waals surface area contributed by atoms with Crippen LogP contribution < -0.4 is 5.32 Å². The average Bonchev–Trinajstić information content (AvgIpc) is 2.35. The van der Waals surface area contributed by atoms with E-state index in [1.165, 1.54) is 0 Å². The summed E-state index contributed by atoms with van der Waals surface area (Å²) in [6.45, 7) is 1.99. The molecule has 4 heteroatoms. The number of hydrogen-bond acceptors (Lipinski definition) is 2. The number of hydrogen-bond donors (Lipinski definition) is 1. The van der Waals surface area contributed by atoms with Crippen LogP contribution in [-0.2, 0) is 9.59 Å². The van der Waals surface area contributed by atoms with E-state index in [-0.39, 0.29) is 16.5 Å². The number of rotatable bonds is 2. The zero-order valence-electron chi connectivity index (χ0n) is 10.3. The number of benzene rings is 1. The number of carbonyl (C=O) groups excluding carboxylic acids is 2. The van der Waals surface area contributed by atoms with E-state index in [0.29, 0.717) is 6.42 Å². The van der Waals surface area contributed by atoms with E-state index >= 15 is 0 Å². The molecule has 1 amide bonds. The van der Waals surface area contributed by atoms with Crippen molar-refractivity contribution in [3.63, 3.8) is 0 Å².